The quantitative estimate of drug-likeness (QED) is 0.485. The third-order valence-corrected chi connectivity index (χ3v) is 4.19. The molecule has 2 N–H and O–H groups in total. The first-order valence-electron chi connectivity index (χ1n) is 7.86. The zero-order valence-corrected chi connectivity index (χ0v) is 14.4. The van der Waals surface area contributed by atoms with Crippen LogP contribution in [0.15, 0.2) is 71.1 Å². The molecule has 0 unspecified atom stereocenters. The molecule has 0 aliphatic carbocycles. The molecule has 1 heterocycles. The maximum absolute atomic E-state index is 5.84. The molecule has 0 radical (unpaired) electrons. The van der Waals surface area contributed by atoms with E-state index < -0.39 is 0 Å². The fraction of sp³-hybridized carbons (Fsp3) is 0.0500. The summed E-state index contributed by atoms with van der Waals surface area (Å²) in [6.45, 7) is 0. The first-order chi connectivity index (χ1) is 12.2. The number of thiocarbonyl (C=S) groups is 1. The third kappa shape index (κ3) is 3.14. The fourth-order valence-corrected chi connectivity index (χ4v) is 3.01. The molecule has 4 rings (SSSR count). The number of furan rings is 1. The van der Waals surface area contributed by atoms with Gasteiger partial charge in [0.15, 0.2) is 5.11 Å². The first-order valence-corrected chi connectivity index (χ1v) is 8.27. The highest BCUT2D eigenvalue weighted by atomic mass is 32.1. The minimum Gasteiger partial charge on any atom is -0.497 e. The molecular formula is C20H16N2O2S. The summed E-state index contributed by atoms with van der Waals surface area (Å²) >= 11 is 5.40. The highest BCUT2D eigenvalue weighted by Crippen LogP contribution is 2.30. The van der Waals surface area contributed by atoms with Crippen LogP contribution in [0.25, 0.3) is 21.9 Å². The Morgan fingerprint density at radius 3 is 2.32 bits per heavy atom. The second-order valence-electron chi connectivity index (χ2n) is 5.62. The van der Waals surface area contributed by atoms with Gasteiger partial charge < -0.3 is 19.8 Å². The molecule has 0 amide bonds. The van der Waals surface area contributed by atoms with E-state index in [4.69, 9.17) is 21.4 Å². The van der Waals surface area contributed by atoms with Crippen molar-refractivity contribution in [2.24, 2.45) is 0 Å². The summed E-state index contributed by atoms with van der Waals surface area (Å²) in [7, 11) is 1.64. The molecule has 0 aliphatic rings. The number of methoxy groups -OCH3 is 1. The van der Waals surface area contributed by atoms with Gasteiger partial charge in [0.25, 0.3) is 0 Å². The van der Waals surface area contributed by atoms with Crippen LogP contribution in [0.1, 0.15) is 0 Å². The smallest absolute Gasteiger partial charge is 0.175 e. The normalized spacial score (nSPS) is 10.8. The lowest BCUT2D eigenvalue weighted by atomic mass is 10.1. The van der Waals surface area contributed by atoms with Gasteiger partial charge in [-0.05, 0) is 60.7 Å². The number of hydrogen-bond donors (Lipinski definition) is 2. The summed E-state index contributed by atoms with van der Waals surface area (Å²) in [6, 6.07) is 21.5. The highest BCUT2D eigenvalue weighted by Gasteiger charge is 2.07. The lowest BCUT2D eigenvalue weighted by Gasteiger charge is -2.11. The second kappa shape index (κ2) is 6.45. The minimum absolute atomic E-state index is 0.525. The van der Waals surface area contributed by atoms with E-state index in [2.05, 4.69) is 16.7 Å². The van der Waals surface area contributed by atoms with Crippen LogP contribution < -0.4 is 15.4 Å². The number of para-hydroxylation sites is 1. The largest absolute Gasteiger partial charge is 0.497 e. The summed E-state index contributed by atoms with van der Waals surface area (Å²) in [5.74, 6) is 0.807. The van der Waals surface area contributed by atoms with Gasteiger partial charge in [0.05, 0.1) is 7.11 Å². The number of fused-ring (bicyclic) bond motifs is 3. The summed E-state index contributed by atoms with van der Waals surface area (Å²) in [4.78, 5) is 0. The molecule has 1 aromatic heterocycles. The van der Waals surface area contributed by atoms with E-state index in [1.165, 1.54) is 0 Å². The molecule has 4 aromatic rings. The van der Waals surface area contributed by atoms with Crippen molar-refractivity contribution in [1.82, 2.24) is 0 Å². The van der Waals surface area contributed by atoms with Crippen molar-refractivity contribution < 1.29 is 9.15 Å². The van der Waals surface area contributed by atoms with Crippen molar-refractivity contribution in [3.63, 3.8) is 0 Å². The molecule has 0 saturated heterocycles. The van der Waals surface area contributed by atoms with E-state index in [0.717, 1.165) is 39.1 Å². The van der Waals surface area contributed by atoms with Crippen LogP contribution >= 0.6 is 12.2 Å². The van der Waals surface area contributed by atoms with Crippen LogP contribution in [-0.4, -0.2) is 12.2 Å². The SMILES string of the molecule is COc1ccc(NC(=S)Nc2ccc3oc4ccccc4c3c2)cc1. The summed E-state index contributed by atoms with van der Waals surface area (Å²) in [6.07, 6.45) is 0. The van der Waals surface area contributed by atoms with Gasteiger partial charge >= 0.3 is 0 Å². The van der Waals surface area contributed by atoms with Crippen molar-refractivity contribution in [2.45, 2.75) is 0 Å². The monoisotopic (exact) mass is 348 g/mol. The lowest BCUT2D eigenvalue weighted by Crippen LogP contribution is -2.18. The molecule has 0 aliphatic heterocycles. The van der Waals surface area contributed by atoms with Crippen molar-refractivity contribution >= 4 is 50.6 Å². The van der Waals surface area contributed by atoms with Gasteiger partial charge in [-0.1, -0.05) is 18.2 Å². The standard InChI is InChI=1S/C20H16N2O2S/c1-23-15-9-6-13(7-10-15)21-20(25)22-14-8-11-19-17(12-14)16-4-2-3-5-18(16)24-19/h2-12H,1H3,(H2,21,22,25). The van der Waals surface area contributed by atoms with E-state index in [1.54, 1.807) is 7.11 Å². The van der Waals surface area contributed by atoms with Gasteiger partial charge in [0.2, 0.25) is 0 Å². The Hall–Kier alpha value is -3.05. The van der Waals surface area contributed by atoms with E-state index >= 15 is 0 Å². The fourth-order valence-electron chi connectivity index (χ4n) is 2.77. The summed E-state index contributed by atoms with van der Waals surface area (Å²) in [5, 5.41) is 9.06. The zero-order valence-electron chi connectivity index (χ0n) is 13.6. The molecular weight excluding hydrogens is 332 g/mol. The van der Waals surface area contributed by atoms with Crippen molar-refractivity contribution in [3.8, 4) is 5.75 Å². The van der Waals surface area contributed by atoms with Crippen molar-refractivity contribution in [3.05, 3.63) is 66.7 Å². The molecule has 0 atom stereocenters. The Labute approximate surface area is 150 Å². The Bertz CT molecular complexity index is 1050. The average molecular weight is 348 g/mol. The number of rotatable bonds is 3. The lowest BCUT2D eigenvalue weighted by molar-refractivity contribution is 0.415. The topological polar surface area (TPSA) is 46.4 Å². The van der Waals surface area contributed by atoms with E-state index in [9.17, 15) is 0 Å². The molecule has 4 nitrogen and oxygen atoms in total. The van der Waals surface area contributed by atoms with Crippen molar-refractivity contribution in [1.29, 1.82) is 0 Å². The molecule has 0 spiro atoms. The Balaban J connectivity index is 1.55. The Morgan fingerprint density at radius 2 is 1.52 bits per heavy atom. The predicted octanol–water partition coefficient (Wildman–Crippen LogP) is 5.40. The summed E-state index contributed by atoms with van der Waals surface area (Å²) in [5.41, 5.74) is 3.55. The van der Waals surface area contributed by atoms with Gasteiger partial charge in [-0.15, -0.1) is 0 Å². The van der Waals surface area contributed by atoms with E-state index in [-0.39, 0.29) is 0 Å². The summed E-state index contributed by atoms with van der Waals surface area (Å²) < 4.78 is 11.0. The van der Waals surface area contributed by atoms with Gasteiger partial charge in [-0.25, -0.2) is 0 Å². The zero-order chi connectivity index (χ0) is 17.2. The molecule has 25 heavy (non-hydrogen) atoms. The van der Waals surface area contributed by atoms with Gasteiger partial charge in [0.1, 0.15) is 16.9 Å². The number of ether oxygens (including phenoxy) is 1. The third-order valence-electron chi connectivity index (χ3n) is 3.98. The second-order valence-corrected chi connectivity index (χ2v) is 6.03. The van der Waals surface area contributed by atoms with E-state index in [0.29, 0.717) is 5.11 Å². The van der Waals surface area contributed by atoms with Gasteiger partial charge in [-0.2, -0.15) is 0 Å². The van der Waals surface area contributed by atoms with Crippen LogP contribution in [0.3, 0.4) is 0 Å². The molecule has 0 saturated carbocycles. The maximum Gasteiger partial charge on any atom is 0.175 e. The number of nitrogens with one attached hydrogen (secondary N) is 2. The van der Waals surface area contributed by atoms with Crippen LogP contribution in [0.5, 0.6) is 5.75 Å². The highest BCUT2D eigenvalue weighted by molar-refractivity contribution is 7.80. The predicted molar refractivity (Wildman–Crippen MR) is 107 cm³/mol. The first kappa shape index (κ1) is 15.5. The molecule has 0 bridgehead atoms. The Morgan fingerprint density at radius 1 is 0.840 bits per heavy atom. The molecule has 3 aromatic carbocycles. The van der Waals surface area contributed by atoms with E-state index in [1.807, 2.05) is 60.7 Å². The Kier molecular flexibility index (Phi) is 3.99. The molecule has 124 valence electrons. The van der Waals surface area contributed by atoms with Crippen LogP contribution in [0.4, 0.5) is 11.4 Å². The van der Waals surface area contributed by atoms with Gasteiger partial charge in [-0.3, -0.25) is 0 Å². The van der Waals surface area contributed by atoms with Gasteiger partial charge in [0, 0.05) is 22.1 Å². The maximum atomic E-state index is 5.84. The van der Waals surface area contributed by atoms with Crippen LogP contribution in [0.2, 0.25) is 0 Å². The van der Waals surface area contributed by atoms with Crippen molar-refractivity contribution in [2.75, 3.05) is 17.7 Å². The molecule has 0 fully saturated rings. The minimum atomic E-state index is 0.525. The number of anilines is 2. The number of benzene rings is 3. The average Bonchev–Trinajstić information content (AvgIpc) is 3.00. The van der Waals surface area contributed by atoms with Crippen LogP contribution in [-0.2, 0) is 0 Å². The number of hydrogen-bond acceptors (Lipinski definition) is 3. The van der Waals surface area contributed by atoms with Crippen LogP contribution in [0, 0.1) is 0 Å². The molecule has 5 heteroatoms.